The number of aromatic nitrogens is 4. The first-order valence-electron chi connectivity index (χ1n) is 13.8. The molecule has 0 saturated heterocycles. The van der Waals surface area contributed by atoms with Crippen molar-refractivity contribution in [2.75, 3.05) is 0 Å². The van der Waals surface area contributed by atoms with Crippen LogP contribution in [0.15, 0.2) is 131 Å². The summed E-state index contributed by atoms with van der Waals surface area (Å²) in [6.07, 6.45) is 1.73. The lowest BCUT2D eigenvalue weighted by Gasteiger charge is -2.15. The van der Waals surface area contributed by atoms with Gasteiger partial charge in [-0.15, -0.1) is 10.2 Å². The Balaban J connectivity index is 1.52. The topological polar surface area (TPSA) is 72.9 Å². The summed E-state index contributed by atoms with van der Waals surface area (Å²) in [5, 5.41) is 20.3. The predicted octanol–water partition coefficient (Wildman–Crippen LogP) is 8.96. The minimum absolute atomic E-state index is 0.131. The third-order valence-corrected chi connectivity index (χ3v) is 8.24. The van der Waals surface area contributed by atoms with Crippen LogP contribution in [0.3, 0.4) is 0 Å². The summed E-state index contributed by atoms with van der Waals surface area (Å²) in [6, 6.07) is 39.7. The molecule has 212 valence electrons. The second kappa shape index (κ2) is 12.6. The number of para-hydroxylation sites is 1. The molecule has 6 aromatic rings. The average Bonchev–Trinajstić information content (AvgIpc) is 3.63. The zero-order valence-corrected chi connectivity index (χ0v) is 24.8. The highest BCUT2D eigenvalue weighted by atomic mass is 35.5. The standard InChI is InChI=1S/C35H27ClN4O2S/c1-2-39-33(26-18-20-28(36)21-19-26)37-38-35(39)43-31(34(41)42)23-27-22-30(24-12-6-3-7-13-24)40(29-16-10-5-11-17-29)32(27)25-14-8-4-9-15-25/h3-23H,2H2,1H3,(H,41,42)/b31-23-. The molecule has 1 N–H and O–H groups in total. The maximum atomic E-state index is 12.7. The van der Waals surface area contributed by atoms with Gasteiger partial charge in [0.1, 0.15) is 4.91 Å². The highest BCUT2D eigenvalue weighted by Gasteiger charge is 2.22. The molecule has 2 heterocycles. The molecular weight excluding hydrogens is 576 g/mol. The zero-order valence-electron chi connectivity index (χ0n) is 23.3. The molecule has 0 radical (unpaired) electrons. The van der Waals surface area contributed by atoms with E-state index in [-0.39, 0.29) is 4.91 Å². The Kier molecular flexibility index (Phi) is 8.27. The second-order valence-electron chi connectivity index (χ2n) is 9.71. The highest BCUT2D eigenvalue weighted by molar-refractivity contribution is 8.04. The van der Waals surface area contributed by atoms with Gasteiger partial charge in [-0.2, -0.15) is 0 Å². The number of carbonyl (C=O) groups is 1. The van der Waals surface area contributed by atoms with Gasteiger partial charge < -0.3 is 14.2 Å². The number of rotatable bonds is 9. The van der Waals surface area contributed by atoms with Gasteiger partial charge in [-0.25, -0.2) is 4.79 Å². The molecule has 0 fully saturated rings. The number of carboxylic acids is 1. The van der Waals surface area contributed by atoms with Gasteiger partial charge in [0.15, 0.2) is 11.0 Å². The lowest BCUT2D eigenvalue weighted by molar-refractivity contribution is -0.131. The average molecular weight is 603 g/mol. The molecule has 0 aliphatic heterocycles. The molecule has 0 aliphatic carbocycles. The first-order chi connectivity index (χ1) is 21.0. The van der Waals surface area contributed by atoms with Crippen LogP contribution < -0.4 is 0 Å². The van der Waals surface area contributed by atoms with E-state index in [1.54, 1.807) is 18.2 Å². The molecule has 0 spiro atoms. The van der Waals surface area contributed by atoms with Crippen molar-refractivity contribution >= 4 is 35.4 Å². The van der Waals surface area contributed by atoms with E-state index in [1.807, 2.05) is 90.4 Å². The van der Waals surface area contributed by atoms with Crippen LogP contribution in [0.5, 0.6) is 0 Å². The van der Waals surface area contributed by atoms with Crippen LogP contribution in [0.4, 0.5) is 0 Å². The maximum Gasteiger partial charge on any atom is 0.342 e. The Morgan fingerprint density at radius 3 is 2.02 bits per heavy atom. The fourth-order valence-electron chi connectivity index (χ4n) is 5.03. The molecule has 2 aromatic heterocycles. The lowest BCUT2D eigenvalue weighted by atomic mass is 10.1. The van der Waals surface area contributed by atoms with Crippen LogP contribution in [0, 0.1) is 0 Å². The third-order valence-electron chi connectivity index (χ3n) is 7.00. The minimum atomic E-state index is -1.04. The quantitative estimate of drug-likeness (QED) is 0.132. The number of benzene rings is 4. The van der Waals surface area contributed by atoms with Crippen LogP contribution in [-0.4, -0.2) is 30.4 Å². The maximum absolute atomic E-state index is 12.7. The summed E-state index contributed by atoms with van der Waals surface area (Å²) in [4.78, 5) is 12.9. The largest absolute Gasteiger partial charge is 0.477 e. The number of halogens is 1. The van der Waals surface area contributed by atoms with Crippen LogP contribution in [0.1, 0.15) is 12.5 Å². The fourth-order valence-corrected chi connectivity index (χ4v) is 6.04. The highest BCUT2D eigenvalue weighted by Crippen LogP contribution is 2.39. The summed E-state index contributed by atoms with van der Waals surface area (Å²) < 4.78 is 4.10. The van der Waals surface area contributed by atoms with Crippen molar-refractivity contribution in [3.63, 3.8) is 0 Å². The molecule has 43 heavy (non-hydrogen) atoms. The van der Waals surface area contributed by atoms with Gasteiger partial charge in [-0.05, 0) is 78.4 Å². The summed E-state index contributed by atoms with van der Waals surface area (Å²) in [6.45, 7) is 2.55. The molecule has 0 amide bonds. The van der Waals surface area contributed by atoms with Crippen molar-refractivity contribution in [1.82, 2.24) is 19.3 Å². The first kappa shape index (κ1) is 28.3. The van der Waals surface area contributed by atoms with E-state index in [0.29, 0.717) is 22.5 Å². The molecule has 0 saturated carbocycles. The summed E-state index contributed by atoms with van der Waals surface area (Å²) >= 11 is 7.17. The molecule has 0 aliphatic rings. The van der Waals surface area contributed by atoms with Gasteiger partial charge in [0, 0.05) is 28.4 Å². The Hall–Kier alpha value is -4.85. The molecular formula is C35H27ClN4O2S. The van der Waals surface area contributed by atoms with Gasteiger partial charge >= 0.3 is 5.97 Å². The van der Waals surface area contributed by atoms with Gasteiger partial charge in [-0.1, -0.05) is 90.5 Å². The van der Waals surface area contributed by atoms with Crippen LogP contribution in [0.2, 0.25) is 5.02 Å². The fraction of sp³-hybridized carbons (Fsp3) is 0.0571. The normalized spacial score (nSPS) is 11.5. The summed E-state index contributed by atoms with van der Waals surface area (Å²) in [5.74, 6) is -0.394. The summed E-state index contributed by atoms with van der Waals surface area (Å²) in [7, 11) is 0. The van der Waals surface area contributed by atoms with Crippen molar-refractivity contribution in [3.05, 3.63) is 137 Å². The second-order valence-corrected chi connectivity index (χ2v) is 11.2. The number of carboxylic acid groups (broad SMARTS) is 1. The number of thioether (sulfide) groups is 1. The number of hydrogen-bond donors (Lipinski definition) is 1. The number of hydrogen-bond acceptors (Lipinski definition) is 4. The number of aliphatic carboxylic acids is 1. The van der Waals surface area contributed by atoms with Crippen LogP contribution in [0.25, 0.3) is 45.7 Å². The summed E-state index contributed by atoms with van der Waals surface area (Å²) in [5.41, 5.74) is 6.44. The Morgan fingerprint density at radius 1 is 0.814 bits per heavy atom. The molecule has 0 unspecified atom stereocenters. The Bertz CT molecular complexity index is 1900. The molecule has 8 heteroatoms. The van der Waals surface area contributed by atoms with E-state index in [0.717, 1.165) is 51.1 Å². The molecule has 0 bridgehead atoms. The minimum Gasteiger partial charge on any atom is -0.477 e. The molecule has 6 rings (SSSR count). The van der Waals surface area contributed by atoms with Crippen molar-refractivity contribution in [2.45, 2.75) is 18.6 Å². The smallest absolute Gasteiger partial charge is 0.342 e. The van der Waals surface area contributed by atoms with Crippen LogP contribution >= 0.6 is 23.4 Å². The van der Waals surface area contributed by atoms with Crippen molar-refractivity contribution in [3.8, 4) is 39.6 Å². The van der Waals surface area contributed by atoms with E-state index in [4.69, 9.17) is 11.6 Å². The van der Waals surface area contributed by atoms with Crippen molar-refractivity contribution in [2.24, 2.45) is 0 Å². The SMILES string of the molecule is CCn1c(S/C(=C\c2cc(-c3ccccc3)n(-c3ccccc3)c2-c2ccccc2)C(=O)O)nnc1-c1ccc(Cl)cc1. The van der Waals surface area contributed by atoms with Gasteiger partial charge in [0.25, 0.3) is 0 Å². The molecule has 6 nitrogen and oxygen atoms in total. The van der Waals surface area contributed by atoms with E-state index in [9.17, 15) is 9.90 Å². The van der Waals surface area contributed by atoms with Crippen molar-refractivity contribution in [1.29, 1.82) is 0 Å². The van der Waals surface area contributed by atoms with E-state index in [1.165, 1.54) is 0 Å². The van der Waals surface area contributed by atoms with E-state index < -0.39 is 5.97 Å². The lowest BCUT2D eigenvalue weighted by Crippen LogP contribution is -2.03. The van der Waals surface area contributed by atoms with Gasteiger partial charge in [0.05, 0.1) is 11.4 Å². The van der Waals surface area contributed by atoms with Crippen LogP contribution in [-0.2, 0) is 11.3 Å². The number of nitrogens with zero attached hydrogens (tertiary/aromatic N) is 4. The third kappa shape index (κ3) is 5.91. The predicted molar refractivity (Wildman–Crippen MR) is 174 cm³/mol. The Morgan fingerprint density at radius 2 is 1.42 bits per heavy atom. The molecule has 4 aromatic carbocycles. The van der Waals surface area contributed by atoms with E-state index >= 15 is 0 Å². The Labute approximate surface area is 258 Å². The van der Waals surface area contributed by atoms with Gasteiger partial charge in [-0.3, -0.25) is 0 Å². The van der Waals surface area contributed by atoms with Crippen molar-refractivity contribution < 1.29 is 9.90 Å². The zero-order chi connectivity index (χ0) is 29.8. The first-order valence-corrected chi connectivity index (χ1v) is 15.0. The van der Waals surface area contributed by atoms with E-state index in [2.05, 4.69) is 45.1 Å². The monoisotopic (exact) mass is 602 g/mol. The van der Waals surface area contributed by atoms with Gasteiger partial charge in [0.2, 0.25) is 0 Å². The molecule has 0 atom stereocenters.